The van der Waals surface area contributed by atoms with Crippen LogP contribution >= 0.6 is 12.6 Å². The number of carbonyl (C=O) groups excluding carboxylic acids is 1. The van der Waals surface area contributed by atoms with Crippen molar-refractivity contribution in [2.75, 3.05) is 0 Å². The van der Waals surface area contributed by atoms with Crippen LogP contribution in [0.5, 0.6) is 0 Å². The second-order valence-corrected chi connectivity index (χ2v) is 3.32. The Kier molecular flexibility index (Phi) is 6.52. The van der Waals surface area contributed by atoms with Crippen molar-refractivity contribution in [1.29, 1.82) is 0 Å². The molecule has 0 bridgehead atoms. The van der Waals surface area contributed by atoms with Crippen LogP contribution in [0.3, 0.4) is 0 Å². The molecule has 1 radical (unpaired) electrons. The highest BCUT2D eigenvalue weighted by Crippen LogP contribution is 2.15. The van der Waals surface area contributed by atoms with E-state index in [4.69, 9.17) is 0 Å². The van der Waals surface area contributed by atoms with Crippen molar-refractivity contribution >= 4 is 17.7 Å². The highest BCUT2D eigenvalue weighted by Gasteiger charge is 2.12. The van der Waals surface area contributed by atoms with Crippen molar-refractivity contribution in [3.8, 4) is 0 Å². The molecule has 2 heteroatoms. The molecule has 65 valence electrons. The molecule has 0 aliphatic rings. The predicted molar refractivity (Wildman–Crippen MR) is 50.5 cm³/mol. The molecule has 0 aromatic carbocycles. The molecule has 0 rings (SSSR count). The Morgan fingerprint density at radius 3 is 2.36 bits per heavy atom. The molecule has 0 N–H and O–H groups in total. The van der Waals surface area contributed by atoms with Gasteiger partial charge in [0.2, 0.25) is 5.12 Å². The number of unbranched alkanes of at least 4 members (excludes halogenated alkanes) is 2. The molecule has 0 saturated heterocycles. The van der Waals surface area contributed by atoms with Gasteiger partial charge in [0, 0.05) is 5.92 Å². The Bertz CT molecular complexity index is 112. The van der Waals surface area contributed by atoms with Gasteiger partial charge in [-0.3, -0.25) is 4.79 Å². The number of rotatable bonds is 6. The number of hydrogen-bond acceptors (Lipinski definition) is 1. The zero-order chi connectivity index (χ0) is 8.69. The minimum Gasteiger partial charge on any atom is -0.282 e. The van der Waals surface area contributed by atoms with E-state index < -0.39 is 0 Å². The Balaban J connectivity index is 3.44. The van der Waals surface area contributed by atoms with Gasteiger partial charge in [-0.05, 0) is 25.5 Å². The minimum atomic E-state index is -0.0522. The van der Waals surface area contributed by atoms with Crippen LogP contribution in [0.2, 0.25) is 0 Å². The summed E-state index contributed by atoms with van der Waals surface area (Å²) >= 11 is 4.61. The molecule has 0 spiro atoms. The van der Waals surface area contributed by atoms with Crippen molar-refractivity contribution in [2.45, 2.75) is 46.0 Å². The van der Waals surface area contributed by atoms with Crippen molar-refractivity contribution in [1.82, 2.24) is 0 Å². The van der Waals surface area contributed by atoms with Gasteiger partial charge in [0.05, 0.1) is 0 Å². The van der Waals surface area contributed by atoms with Gasteiger partial charge in [0.25, 0.3) is 0 Å². The third-order valence-corrected chi connectivity index (χ3v) is 2.32. The summed E-state index contributed by atoms with van der Waals surface area (Å²) in [6, 6.07) is 0. The molecule has 1 nitrogen and oxygen atoms in total. The quantitative estimate of drug-likeness (QED) is 0.563. The van der Waals surface area contributed by atoms with Gasteiger partial charge in [-0.1, -0.05) is 33.1 Å². The van der Waals surface area contributed by atoms with Crippen LogP contribution in [0.1, 0.15) is 46.0 Å². The summed E-state index contributed by atoms with van der Waals surface area (Å²) in [5.41, 5.74) is 0. The molecule has 0 heterocycles. The Labute approximate surface area is 75.0 Å². The summed E-state index contributed by atoms with van der Waals surface area (Å²) in [5.74, 6) is 0.150. The Morgan fingerprint density at radius 2 is 2.00 bits per heavy atom. The molecule has 11 heavy (non-hydrogen) atoms. The van der Waals surface area contributed by atoms with Crippen LogP contribution < -0.4 is 0 Å². The lowest BCUT2D eigenvalue weighted by Gasteiger charge is -2.07. The first kappa shape index (κ1) is 10.9. The first-order valence-corrected chi connectivity index (χ1v) is 4.84. The fraction of sp³-hybridized carbons (Fsp3) is 0.889. The molecule has 0 amide bonds. The van der Waals surface area contributed by atoms with Gasteiger partial charge in [0.1, 0.15) is 0 Å². The zero-order valence-corrected chi connectivity index (χ0v) is 8.25. The summed E-state index contributed by atoms with van der Waals surface area (Å²) in [6.07, 6.45) is 5.48. The highest BCUT2D eigenvalue weighted by atomic mass is 32.1. The Morgan fingerprint density at radius 1 is 1.36 bits per heavy atom. The number of carbonyl (C=O) groups is 1. The van der Waals surface area contributed by atoms with Crippen LogP contribution in [0.25, 0.3) is 0 Å². The smallest absolute Gasteiger partial charge is 0.221 e. The summed E-state index contributed by atoms with van der Waals surface area (Å²) in [4.78, 5) is 10.8. The molecule has 0 aliphatic heterocycles. The first-order chi connectivity index (χ1) is 5.22. The van der Waals surface area contributed by atoms with E-state index in [0.29, 0.717) is 0 Å². The van der Waals surface area contributed by atoms with E-state index >= 15 is 0 Å². The van der Waals surface area contributed by atoms with E-state index in [1.54, 1.807) is 0 Å². The first-order valence-electron chi connectivity index (χ1n) is 4.43. The molecule has 0 saturated carbocycles. The fourth-order valence-electron chi connectivity index (χ4n) is 1.13. The second-order valence-electron chi connectivity index (χ2n) is 2.92. The van der Waals surface area contributed by atoms with Gasteiger partial charge in [-0.15, -0.1) is 0 Å². The average molecular weight is 173 g/mol. The van der Waals surface area contributed by atoms with Gasteiger partial charge in [-0.25, -0.2) is 0 Å². The molecular formula is C9H17OS. The number of hydrogen-bond donors (Lipinski definition) is 0. The molecule has 0 aromatic rings. The minimum absolute atomic E-state index is 0.0522. The summed E-state index contributed by atoms with van der Waals surface area (Å²) in [6.45, 7) is 4.19. The topological polar surface area (TPSA) is 17.1 Å². The van der Waals surface area contributed by atoms with Gasteiger partial charge >= 0.3 is 0 Å². The third-order valence-electron chi connectivity index (χ3n) is 1.98. The van der Waals surface area contributed by atoms with Crippen molar-refractivity contribution < 1.29 is 4.79 Å². The lowest BCUT2D eigenvalue weighted by molar-refractivity contribution is -0.114. The van der Waals surface area contributed by atoms with Gasteiger partial charge in [-0.2, -0.15) is 0 Å². The standard InChI is InChI=1S/C9H17OS/c1-3-5-6-7-8(4-2)9(10)11/h8H,3-7H2,1-2H3. The normalized spacial score (nSPS) is 12.9. The summed E-state index contributed by atoms with van der Waals surface area (Å²) < 4.78 is 0. The highest BCUT2D eigenvalue weighted by molar-refractivity contribution is 7.96. The average Bonchev–Trinajstić information content (AvgIpc) is 1.97. The molecule has 0 aliphatic carbocycles. The van der Waals surface area contributed by atoms with Crippen molar-refractivity contribution in [3.05, 3.63) is 0 Å². The van der Waals surface area contributed by atoms with Gasteiger partial charge in [0.15, 0.2) is 0 Å². The van der Waals surface area contributed by atoms with Crippen LogP contribution in [0.15, 0.2) is 0 Å². The van der Waals surface area contributed by atoms with Crippen LogP contribution in [-0.4, -0.2) is 5.12 Å². The summed E-state index contributed by atoms with van der Waals surface area (Å²) in [5, 5.41) is -0.0522. The van der Waals surface area contributed by atoms with E-state index in [1.807, 2.05) is 6.92 Å². The van der Waals surface area contributed by atoms with E-state index in [2.05, 4.69) is 19.6 Å². The predicted octanol–water partition coefficient (Wildman–Crippen LogP) is 3.32. The maximum Gasteiger partial charge on any atom is 0.221 e. The molecule has 0 fully saturated rings. The molecule has 1 unspecified atom stereocenters. The van der Waals surface area contributed by atoms with Gasteiger partial charge < -0.3 is 0 Å². The maximum absolute atomic E-state index is 10.8. The second kappa shape index (κ2) is 6.59. The zero-order valence-electron chi connectivity index (χ0n) is 7.43. The van der Waals surface area contributed by atoms with E-state index in [1.165, 1.54) is 12.8 Å². The summed E-state index contributed by atoms with van der Waals surface area (Å²) in [7, 11) is 0. The van der Waals surface area contributed by atoms with Crippen LogP contribution in [-0.2, 0) is 4.79 Å². The van der Waals surface area contributed by atoms with Crippen LogP contribution in [0, 0.1) is 5.92 Å². The van der Waals surface area contributed by atoms with Crippen LogP contribution in [0.4, 0.5) is 0 Å². The van der Waals surface area contributed by atoms with Crippen molar-refractivity contribution in [3.63, 3.8) is 0 Å². The molecule has 1 atom stereocenters. The van der Waals surface area contributed by atoms with E-state index in [9.17, 15) is 4.79 Å². The lowest BCUT2D eigenvalue weighted by Crippen LogP contribution is -2.06. The monoisotopic (exact) mass is 173 g/mol. The van der Waals surface area contributed by atoms with E-state index in [0.717, 1.165) is 19.3 Å². The SMILES string of the molecule is CCCCCC(CC)C(=O)[S]. The van der Waals surface area contributed by atoms with Crippen molar-refractivity contribution in [2.24, 2.45) is 5.92 Å². The van der Waals surface area contributed by atoms with E-state index in [-0.39, 0.29) is 11.0 Å². The largest absolute Gasteiger partial charge is 0.282 e. The fourth-order valence-corrected chi connectivity index (χ4v) is 1.41. The molecular weight excluding hydrogens is 156 g/mol. The Hall–Kier alpha value is -0.110. The lowest BCUT2D eigenvalue weighted by atomic mass is 10.0. The molecule has 0 aromatic heterocycles. The third kappa shape index (κ3) is 5.19. The maximum atomic E-state index is 10.8.